The van der Waals surface area contributed by atoms with Crippen molar-refractivity contribution in [2.75, 3.05) is 12.9 Å². The molecule has 1 amide bonds. The van der Waals surface area contributed by atoms with Crippen LogP contribution in [0, 0.1) is 0 Å². The van der Waals surface area contributed by atoms with E-state index in [1.165, 1.54) is 11.8 Å². The molecule has 158 valence electrons. The number of aryl methyl sites for hydroxylation is 1. The Morgan fingerprint density at radius 1 is 1.17 bits per heavy atom. The van der Waals surface area contributed by atoms with E-state index in [0.29, 0.717) is 23.9 Å². The van der Waals surface area contributed by atoms with Crippen molar-refractivity contribution in [2.24, 2.45) is 7.05 Å². The van der Waals surface area contributed by atoms with E-state index < -0.39 is 0 Å². The van der Waals surface area contributed by atoms with E-state index in [2.05, 4.69) is 40.6 Å². The molecule has 0 aliphatic carbocycles. The first-order valence-electron chi connectivity index (χ1n) is 9.89. The number of nitrogens with zero attached hydrogens (tertiary/aromatic N) is 5. The van der Waals surface area contributed by atoms with Gasteiger partial charge in [0.05, 0.1) is 7.11 Å². The van der Waals surface area contributed by atoms with Crippen LogP contribution in [0.5, 0.6) is 5.75 Å². The van der Waals surface area contributed by atoms with Crippen LogP contribution >= 0.6 is 11.8 Å². The Kier molecular flexibility index (Phi) is 7.84. The van der Waals surface area contributed by atoms with Crippen LogP contribution < -0.4 is 4.74 Å². The minimum Gasteiger partial charge on any atom is -0.496 e. The second-order valence-corrected chi connectivity index (χ2v) is 8.12. The Bertz CT molecular complexity index is 947. The first kappa shape index (κ1) is 21.8. The third kappa shape index (κ3) is 5.82. The molecule has 0 aliphatic heterocycles. The van der Waals surface area contributed by atoms with Crippen LogP contribution in [0.3, 0.4) is 0 Å². The number of aromatic nitrogens is 4. The summed E-state index contributed by atoms with van der Waals surface area (Å²) in [5, 5.41) is 12.1. The molecule has 1 unspecified atom stereocenters. The molecule has 0 spiro atoms. The summed E-state index contributed by atoms with van der Waals surface area (Å²) in [6, 6.07) is 18.1. The van der Waals surface area contributed by atoms with Crippen LogP contribution in [0.25, 0.3) is 0 Å². The molecular formula is C22H27N5O2S. The Balaban J connectivity index is 1.70. The lowest BCUT2D eigenvalue weighted by Gasteiger charge is -2.30. The highest BCUT2D eigenvalue weighted by Crippen LogP contribution is 2.22. The number of hydrogen-bond donors (Lipinski definition) is 0. The predicted octanol–water partition coefficient (Wildman–Crippen LogP) is 3.36. The maximum absolute atomic E-state index is 13.2. The van der Waals surface area contributed by atoms with Gasteiger partial charge in [-0.3, -0.25) is 4.79 Å². The topological polar surface area (TPSA) is 73.1 Å². The lowest BCUT2D eigenvalue weighted by atomic mass is 10.0. The zero-order valence-electron chi connectivity index (χ0n) is 17.6. The van der Waals surface area contributed by atoms with Crippen molar-refractivity contribution in [3.63, 3.8) is 0 Å². The Morgan fingerprint density at radius 2 is 1.90 bits per heavy atom. The predicted molar refractivity (Wildman–Crippen MR) is 117 cm³/mol. The monoisotopic (exact) mass is 425 g/mol. The van der Waals surface area contributed by atoms with Crippen LogP contribution in [0.15, 0.2) is 59.8 Å². The fraction of sp³-hybridized carbons (Fsp3) is 0.364. The number of hydrogen-bond acceptors (Lipinski definition) is 6. The molecule has 3 rings (SSSR count). The SMILES string of the molecule is COc1ccccc1CC(C)N(Cc1ccccc1)C(=O)CCSc1nnnn1C. The van der Waals surface area contributed by atoms with E-state index in [0.717, 1.165) is 23.3 Å². The molecule has 0 N–H and O–H groups in total. The van der Waals surface area contributed by atoms with Crippen molar-refractivity contribution in [1.29, 1.82) is 0 Å². The minimum atomic E-state index is 0.0236. The third-order valence-electron chi connectivity index (χ3n) is 4.88. The molecule has 0 radical (unpaired) electrons. The van der Waals surface area contributed by atoms with Gasteiger partial charge in [0.1, 0.15) is 5.75 Å². The second-order valence-electron chi connectivity index (χ2n) is 7.06. The minimum absolute atomic E-state index is 0.0236. The highest BCUT2D eigenvalue weighted by atomic mass is 32.2. The van der Waals surface area contributed by atoms with Gasteiger partial charge < -0.3 is 9.64 Å². The van der Waals surface area contributed by atoms with Crippen LogP contribution in [-0.2, 0) is 24.8 Å². The summed E-state index contributed by atoms with van der Waals surface area (Å²) in [7, 11) is 3.47. The maximum Gasteiger partial charge on any atom is 0.223 e. The van der Waals surface area contributed by atoms with E-state index in [1.807, 2.05) is 41.3 Å². The number of amides is 1. The van der Waals surface area contributed by atoms with Gasteiger partial charge in [0.15, 0.2) is 0 Å². The Morgan fingerprint density at radius 3 is 2.60 bits per heavy atom. The van der Waals surface area contributed by atoms with Gasteiger partial charge in [-0.1, -0.05) is 60.3 Å². The van der Waals surface area contributed by atoms with Crippen LogP contribution in [0.1, 0.15) is 24.5 Å². The number of benzene rings is 2. The largest absolute Gasteiger partial charge is 0.496 e. The number of thioether (sulfide) groups is 1. The zero-order valence-corrected chi connectivity index (χ0v) is 18.4. The van der Waals surface area contributed by atoms with Gasteiger partial charge in [-0.15, -0.1) is 5.10 Å². The van der Waals surface area contributed by atoms with E-state index in [9.17, 15) is 4.79 Å². The Hall–Kier alpha value is -2.87. The average molecular weight is 426 g/mol. The fourth-order valence-electron chi connectivity index (χ4n) is 3.29. The maximum atomic E-state index is 13.2. The zero-order chi connectivity index (χ0) is 21.3. The van der Waals surface area contributed by atoms with Crippen molar-refractivity contribution in [2.45, 2.75) is 37.5 Å². The number of ether oxygens (including phenoxy) is 1. The first-order valence-corrected chi connectivity index (χ1v) is 10.9. The number of tetrazole rings is 1. The van der Waals surface area contributed by atoms with Crippen molar-refractivity contribution in [3.8, 4) is 5.75 Å². The standard InChI is InChI=1S/C22H27N5O2S/c1-17(15-19-11-7-8-12-20(19)29-3)27(16-18-9-5-4-6-10-18)21(28)13-14-30-22-23-24-25-26(22)2/h4-12,17H,13-16H2,1-3H3. The van der Waals surface area contributed by atoms with Crippen molar-refractivity contribution in [1.82, 2.24) is 25.1 Å². The van der Waals surface area contributed by atoms with Crippen LogP contribution in [0.2, 0.25) is 0 Å². The fourth-order valence-corrected chi connectivity index (χ4v) is 4.06. The first-order chi connectivity index (χ1) is 14.6. The molecule has 3 aromatic rings. The van der Waals surface area contributed by atoms with E-state index >= 15 is 0 Å². The summed E-state index contributed by atoms with van der Waals surface area (Å²) >= 11 is 1.49. The smallest absolute Gasteiger partial charge is 0.223 e. The van der Waals surface area contributed by atoms with Gasteiger partial charge in [-0.2, -0.15) is 0 Å². The number of methoxy groups -OCH3 is 1. The van der Waals surface area contributed by atoms with Gasteiger partial charge >= 0.3 is 0 Å². The van der Waals surface area contributed by atoms with Gasteiger partial charge in [0.2, 0.25) is 11.1 Å². The molecule has 0 saturated heterocycles. The molecule has 8 heteroatoms. The van der Waals surface area contributed by atoms with Crippen molar-refractivity contribution < 1.29 is 9.53 Å². The summed E-state index contributed by atoms with van der Waals surface area (Å²) in [5.74, 6) is 1.59. The lowest BCUT2D eigenvalue weighted by Crippen LogP contribution is -2.39. The molecule has 1 atom stereocenters. The number of carbonyl (C=O) groups excluding carboxylic acids is 1. The third-order valence-corrected chi connectivity index (χ3v) is 5.90. The summed E-state index contributed by atoms with van der Waals surface area (Å²) in [5.41, 5.74) is 2.21. The van der Waals surface area contributed by atoms with Gasteiger partial charge in [-0.05, 0) is 41.0 Å². The van der Waals surface area contributed by atoms with E-state index in [-0.39, 0.29) is 11.9 Å². The molecule has 7 nitrogen and oxygen atoms in total. The van der Waals surface area contributed by atoms with Crippen LogP contribution in [-0.4, -0.2) is 49.9 Å². The van der Waals surface area contributed by atoms with Gasteiger partial charge in [0.25, 0.3) is 0 Å². The summed E-state index contributed by atoms with van der Waals surface area (Å²) in [6.45, 7) is 2.67. The average Bonchev–Trinajstić information content (AvgIpc) is 3.17. The molecule has 1 heterocycles. The van der Waals surface area contributed by atoms with E-state index in [1.54, 1.807) is 18.8 Å². The molecule has 2 aromatic carbocycles. The van der Waals surface area contributed by atoms with Gasteiger partial charge in [0, 0.05) is 31.8 Å². The Labute approximate surface area is 181 Å². The molecule has 0 fully saturated rings. The lowest BCUT2D eigenvalue weighted by molar-refractivity contribution is -0.133. The number of carbonyl (C=O) groups is 1. The molecule has 0 aliphatic rings. The molecule has 30 heavy (non-hydrogen) atoms. The summed E-state index contributed by atoms with van der Waals surface area (Å²) < 4.78 is 7.11. The number of rotatable bonds is 10. The normalized spacial score (nSPS) is 11.8. The highest BCUT2D eigenvalue weighted by Gasteiger charge is 2.22. The molecule has 0 saturated carbocycles. The quantitative estimate of drug-likeness (QED) is 0.464. The van der Waals surface area contributed by atoms with Crippen molar-refractivity contribution in [3.05, 3.63) is 65.7 Å². The molecule has 1 aromatic heterocycles. The van der Waals surface area contributed by atoms with Crippen LogP contribution in [0.4, 0.5) is 0 Å². The highest BCUT2D eigenvalue weighted by molar-refractivity contribution is 7.99. The second kappa shape index (κ2) is 10.8. The number of para-hydroxylation sites is 1. The van der Waals surface area contributed by atoms with Crippen molar-refractivity contribution >= 4 is 17.7 Å². The van der Waals surface area contributed by atoms with E-state index in [4.69, 9.17) is 4.74 Å². The molecular weight excluding hydrogens is 398 g/mol. The molecule has 0 bridgehead atoms. The summed E-state index contributed by atoms with van der Waals surface area (Å²) in [4.78, 5) is 15.1. The van der Waals surface area contributed by atoms with Gasteiger partial charge in [-0.25, -0.2) is 4.68 Å². The summed E-state index contributed by atoms with van der Waals surface area (Å²) in [6.07, 6.45) is 1.14.